The van der Waals surface area contributed by atoms with Crippen LogP contribution < -0.4 is 0 Å². The Bertz CT molecular complexity index is 985. The number of carboxylic acids is 6. The van der Waals surface area contributed by atoms with E-state index in [-0.39, 0.29) is 77.3 Å². The van der Waals surface area contributed by atoms with Crippen molar-refractivity contribution in [2.24, 2.45) is 0 Å². The molecule has 0 unspecified atom stereocenters. The Hall–Kier alpha value is -2.98. The fourth-order valence-corrected chi connectivity index (χ4v) is 1.86. The molecule has 9 N–H and O–H groups in total. The predicted octanol–water partition coefficient (Wildman–Crippen LogP) is -0.582. The monoisotopic (exact) mass is 747 g/mol. The summed E-state index contributed by atoms with van der Waals surface area (Å²) in [6.07, 6.45) is 3.06. The molecule has 3 rings (SSSR count). The standard InChI is InChI=1S/3C5H4N2O4.Ce.La/c3*8-4(9)2-3(5(10)11)7-1-6-2;;/h3*1H,(H,6,7)(H,8,9)(H,10,11);;. The number of hydrogen-bond acceptors (Lipinski definition) is 9. The van der Waals surface area contributed by atoms with Gasteiger partial charge in [-0.1, -0.05) is 0 Å². The van der Waals surface area contributed by atoms with Gasteiger partial charge in [-0.05, 0) is 0 Å². The molecule has 0 bridgehead atoms. The Morgan fingerprint density at radius 3 is 0.800 bits per heavy atom. The van der Waals surface area contributed by atoms with E-state index in [0.29, 0.717) is 0 Å². The normalized spacial score (nSPS) is 8.91. The van der Waals surface area contributed by atoms with Gasteiger partial charge in [-0.3, -0.25) is 0 Å². The molecule has 0 fully saturated rings. The van der Waals surface area contributed by atoms with Gasteiger partial charge >= 0.3 is 35.8 Å². The Kier molecular flexibility index (Phi) is 15.5. The summed E-state index contributed by atoms with van der Waals surface area (Å²) in [5.41, 5.74) is -2.64. The number of nitrogens with zero attached hydrogens (tertiary/aromatic N) is 3. The number of carbonyl (C=O) groups is 6. The summed E-state index contributed by atoms with van der Waals surface area (Å²) in [6, 6.07) is 0. The number of aromatic nitrogens is 6. The van der Waals surface area contributed by atoms with E-state index < -0.39 is 70.0 Å². The molecule has 3 heterocycles. The third-order valence-electron chi connectivity index (χ3n) is 3.17. The summed E-state index contributed by atoms with van der Waals surface area (Å²) >= 11 is 0. The Balaban J connectivity index is 0. The van der Waals surface area contributed by atoms with Crippen molar-refractivity contribution in [1.82, 2.24) is 29.9 Å². The average molecular weight is 747 g/mol. The van der Waals surface area contributed by atoms with Crippen LogP contribution in [0.15, 0.2) is 19.0 Å². The van der Waals surface area contributed by atoms with Crippen LogP contribution >= 0.6 is 0 Å². The van der Waals surface area contributed by atoms with Gasteiger partial charge in [-0.15, -0.1) is 0 Å². The minimum atomic E-state index is -1.36. The third kappa shape index (κ3) is 10.0. The van der Waals surface area contributed by atoms with E-state index in [9.17, 15) is 28.8 Å². The minimum absolute atomic E-state index is 0. The molecule has 0 saturated heterocycles. The number of aromatic amines is 3. The van der Waals surface area contributed by atoms with E-state index in [1.807, 2.05) is 0 Å². The number of imidazole rings is 3. The summed E-state index contributed by atoms with van der Waals surface area (Å²) in [5.74, 6) is -8.07. The first kappa shape index (κ1) is 34.2. The van der Waals surface area contributed by atoms with E-state index in [1.54, 1.807) is 0 Å². The van der Waals surface area contributed by atoms with Crippen LogP contribution in [-0.2, 0) is 0 Å². The van der Waals surface area contributed by atoms with Crippen LogP contribution in [0.2, 0.25) is 0 Å². The zero-order valence-electron chi connectivity index (χ0n) is 16.8. The summed E-state index contributed by atoms with van der Waals surface area (Å²) in [4.78, 5) is 78.0. The van der Waals surface area contributed by atoms with Crippen molar-refractivity contribution in [2.45, 2.75) is 0 Å². The molecule has 0 spiro atoms. The van der Waals surface area contributed by atoms with Gasteiger partial charge in [0.25, 0.3) is 0 Å². The van der Waals surface area contributed by atoms with Crippen LogP contribution in [0.25, 0.3) is 0 Å². The zero-order chi connectivity index (χ0) is 25.3. The van der Waals surface area contributed by atoms with Crippen LogP contribution in [0, 0.1) is 77.3 Å². The zero-order valence-corrected chi connectivity index (χ0v) is 23.5. The molecule has 0 aliphatic rings. The number of nitrogens with one attached hydrogen (secondary N) is 3. The molecule has 20 heteroatoms. The predicted molar refractivity (Wildman–Crippen MR) is 97.5 cm³/mol. The maximum absolute atomic E-state index is 10.3. The summed E-state index contributed by atoms with van der Waals surface area (Å²) in [6.45, 7) is 0. The van der Waals surface area contributed by atoms with Crippen molar-refractivity contribution in [3.63, 3.8) is 0 Å². The Morgan fingerprint density at radius 2 is 0.686 bits per heavy atom. The molecule has 18 nitrogen and oxygen atoms in total. The molecule has 0 atom stereocenters. The number of hydrogen-bond donors (Lipinski definition) is 9. The van der Waals surface area contributed by atoms with Gasteiger partial charge < -0.3 is 45.6 Å². The first-order valence-corrected chi connectivity index (χ1v) is 7.88. The molecule has 3 aromatic rings. The van der Waals surface area contributed by atoms with Crippen molar-refractivity contribution in [1.29, 1.82) is 0 Å². The summed E-state index contributed by atoms with van der Waals surface area (Å²) in [7, 11) is 0. The quantitative estimate of drug-likeness (QED) is 0.152. The number of H-pyrrole nitrogens is 3. The second kappa shape index (κ2) is 15.8. The van der Waals surface area contributed by atoms with Crippen molar-refractivity contribution >= 4 is 35.8 Å². The maximum atomic E-state index is 10.3. The van der Waals surface area contributed by atoms with Gasteiger partial charge in [0.15, 0.2) is 34.2 Å². The smallest absolute Gasteiger partial charge is 0.357 e. The van der Waals surface area contributed by atoms with E-state index in [2.05, 4.69) is 29.9 Å². The number of aromatic carboxylic acids is 6. The molecule has 181 valence electrons. The van der Waals surface area contributed by atoms with Crippen LogP contribution in [-0.4, -0.2) is 96.4 Å². The van der Waals surface area contributed by atoms with Crippen molar-refractivity contribution in [3.05, 3.63) is 53.1 Å². The fraction of sp³-hybridized carbons (Fsp3) is 0. The van der Waals surface area contributed by atoms with Gasteiger partial charge in [-0.25, -0.2) is 43.7 Å². The van der Waals surface area contributed by atoms with E-state index in [1.165, 1.54) is 0 Å². The molecule has 1 radical (unpaired) electrons. The van der Waals surface area contributed by atoms with Gasteiger partial charge in [0.2, 0.25) is 0 Å². The maximum Gasteiger partial charge on any atom is 0.357 e. The number of rotatable bonds is 6. The third-order valence-corrected chi connectivity index (χ3v) is 3.17. The van der Waals surface area contributed by atoms with Crippen LogP contribution in [0.4, 0.5) is 0 Å². The second-order valence-corrected chi connectivity index (χ2v) is 5.21. The van der Waals surface area contributed by atoms with Gasteiger partial charge in [0.05, 0.1) is 19.0 Å². The molecule has 0 saturated carbocycles. The second-order valence-electron chi connectivity index (χ2n) is 5.21. The molecule has 0 aliphatic carbocycles. The van der Waals surface area contributed by atoms with Gasteiger partial charge in [-0.2, -0.15) is 0 Å². The van der Waals surface area contributed by atoms with Crippen molar-refractivity contribution < 1.29 is 137 Å². The van der Waals surface area contributed by atoms with E-state index in [4.69, 9.17) is 30.6 Å². The number of carboxylic acid groups (broad SMARTS) is 6. The van der Waals surface area contributed by atoms with Crippen LogP contribution in [0.5, 0.6) is 0 Å². The molecule has 35 heavy (non-hydrogen) atoms. The molecular weight excluding hydrogens is 735 g/mol. The topological polar surface area (TPSA) is 310 Å². The minimum Gasteiger partial charge on any atom is -0.477 e. The summed E-state index contributed by atoms with van der Waals surface area (Å²) < 4.78 is 0. The Labute approximate surface area is 253 Å². The average Bonchev–Trinajstić information content (AvgIpc) is 3.48. The van der Waals surface area contributed by atoms with Crippen LogP contribution in [0.3, 0.4) is 0 Å². The molecular formula is C15H12CeLaN6O12. The van der Waals surface area contributed by atoms with Crippen molar-refractivity contribution in [2.75, 3.05) is 0 Å². The molecule has 0 aromatic carbocycles. The summed E-state index contributed by atoms with van der Waals surface area (Å²) in [5, 5.41) is 50.2. The molecule has 0 aliphatic heterocycles. The Morgan fingerprint density at radius 1 is 0.486 bits per heavy atom. The molecule has 0 amide bonds. The first-order valence-electron chi connectivity index (χ1n) is 7.88. The van der Waals surface area contributed by atoms with Crippen molar-refractivity contribution in [3.8, 4) is 0 Å². The van der Waals surface area contributed by atoms with Gasteiger partial charge in [0.1, 0.15) is 0 Å². The molecule has 3 aromatic heterocycles. The van der Waals surface area contributed by atoms with Gasteiger partial charge in [0, 0.05) is 77.3 Å². The SMILES string of the molecule is O=C(O)c1nc[nH]c1C(=O)O.O=C(O)c1nc[nH]c1C(=O)O.O=C(O)c1nc[nH]c1C(=O)O.[Ce].[La]. The van der Waals surface area contributed by atoms with E-state index >= 15 is 0 Å². The van der Waals surface area contributed by atoms with E-state index in [0.717, 1.165) is 19.0 Å². The fourth-order valence-electron chi connectivity index (χ4n) is 1.86. The first-order chi connectivity index (χ1) is 15.4. The largest absolute Gasteiger partial charge is 0.477 e. The van der Waals surface area contributed by atoms with Crippen LogP contribution in [0.1, 0.15) is 62.9 Å².